The van der Waals surface area contributed by atoms with Crippen LogP contribution in [-0.4, -0.2) is 0 Å². The lowest BCUT2D eigenvalue weighted by Gasteiger charge is -2.28. The van der Waals surface area contributed by atoms with E-state index in [1.807, 2.05) is 0 Å². The van der Waals surface area contributed by atoms with E-state index >= 15 is 0 Å². The van der Waals surface area contributed by atoms with Crippen molar-refractivity contribution in [2.24, 2.45) is 5.92 Å². The average Bonchev–Trinajstić information content (AvgIpc) is 2.38. The monoisotopic (exact) mass is 248 g/mol. The minimum absolute atomic E-state index is 0.249. The lowest BCUT2D eigenvalue weighted by Crippen LogP contribution is -2.13. The van der Waals surface area contributed by atoms with Crippen molar-refractivity contribution < 1.29 is 8.78 Å². The average molecular weight is 248 g/mol. The van der Waals surface area contributed by atoms with Crippen LogP contribution in [0.15, 0.2) is 12.1 Å². The van der Waals surface area contributed by atoms with Gasteiger partial charge in [-0.2, -0.15) is 0 Å². The van der Waals surface area contributed by atoms with Crippen LogP contribution < -0.4 is 0 Å². The third-order valence-electron chi connectivity index (χ3n) is 4.10. The van der Waals surface area contributed by atoms with E-state index in [9.17, 15) is 8.78 Å². The molecule has 0 unspecified atom stereocenters. The summed E-state index contributed by atoms with van der Waals surface area (Å²) in [5.41, 5.74) is 0.513. The van der Waals surface area contributed by atoms with Crippen LogP contribution in [0, 0.1) is 29.9 Å². The second kappa shape index (κ2) is 5.52. The molecule has 0 atom stereocenters. The number of hydrogen-bond donors (Lipinski definition) is 0. The third-order valence-corrected chi connectivity index (χ3v) is 4.10. The van der Waals surface area contributed by atoms with Gasteiger partial charge in [0.25, 0.3) is 0 Å². The van der Waals surface area contributed by atoms with Crippen molar-refractivity contribution in [3.05, 3.63) is 34.9 Å². The van der Waals surface area contributed by atoms with Gasteiger partial charge in [0.15, 0.2) is 0 Å². The molecule has 1 fully saturated rings. The van der Waals surface area contributed by atoms with Crippen molar-refractivity contribution in [3.8, 4) is 12.3 Å². The lowest BCUT2D eigenvalue weighted by molar-refractivity contribution is 0.318. The minimum atomic E-state index is -0.606. The Labute approximate surface area is 107 Å². The Bertz CT molecular complexity index is 439. The number of terminal acetylenes is 1. The van der Waals surface area contributed by atoms with Crippen molar-refractivity contribution >= 4 is 0 Å². The zero-order valence-corrected chi connectivity index (χ0v) is 10.7. The van der Waals surface area contributed by atoms with Gasteiger partial charge in [-0.05, 0) is 55.2 Å². The predicted octanol–water partition coefficient (Wildman–Crippen LogP) is 4.63. The zero-order chi connectivity index (χ0) is 13.1. The maximum atomic E-state index is 13.6. The summed E-state index contributed by atoms with van der Waals surface area (Å²) >= 11 is 0. The van der Waals surface area contributed by atoms with E-state index < -0.39 is 11.6 Å². The standard InChI is InChI=1S/C16H18F2/c1-3-11-5-7-12(8-6-11)13-9-15(17)14(4-2)16(18)10-13/h2,9-12H,3,5-8H2,1H3. The molecule has 96 valence electrons. The molecule has 0 N–H and O–H groups in total. The highest BCUT2D eigenvalue weighted by Gasteiger charge is 2.23. The van der Waals surface area contributed by atoms with E-state index in [2.05, 4.69) is 12.8 Å². The Morgan fingerprint density at radius 2 is 1.72 bits per heavy atom. The molecule has 18 heavy (non-hydrogen) atoms. The number of benzene rings is 1. The maximum absolute atomic E-state index is 13.6. The van der Waals surface area contributed by atoms with Crippen molar-refractivity contribution in [2.75, 3.05) is 0 Å². The Kier molecular flexibility index (Phi) is 4.01. The molecule has 0 aromatic heterocycles. The highest BCUT2D eigenvalue weighted by molar-refractivity contribution is 5.38. The van der Waals surface area contributed by atoms with Gasteiger partial charge in [0.05, 0.1) is 5.56 Å². The minimum Gasteiger partial charge on any atom is -0.206 e. The van der Waals surface area contributed by atoms with Gasteiger partial charge >= 0.3 is 0 Å². The van der Waals surface area contributed by atoms with Crippen molar-refractivity contribution in [3.63, 3.8) is 0 Å². The van der Waals surface area contributed by atoms with E-state index in [4.69, 9.17) is 6.42 Å². The molecule has 1 aromatic carbocycles. The van der Waals surface area contributed by atoms with Gasteiger partial charge in [-0.15, -0.1) is 6.42 Å². The first kappa shape index (κ1) is 13.1. The van der Waals surface area contributed by atoms with Crippen molar-refractivity contribution in [1.82, 2.24) is 0 Å². The summed E-state index contributed by atoms with van der Waals surface area (Å²) < 4.78 is 27.3. The fraction of sp³-hybridized carbons (Fsp3) is 0.500. The Balaban J connectivity index is 2.18. The molecule has 2 rings (SSSR count). The van der Waals surface area contributed by atoms with Crippen molar-refractivity contribution in [1.29, 1.82) is 0 Å². The molecule has 2 heteroatoms. The van der Waals surface area contributed by atoms with Crippen LogP contribution in [0.2, 0.25) is 0 Å². The van der Waals surface area contributed by atoms with Crippen LogP contribution in [0.5, 0.6) is 0 Å². The molecule has 1 saturated carbocycles. The Hall–Kier alpha value is -1.36. The molecule has 0 nitrogen and oxygen atoms in total. The summed E-state index contributed by atoms with van der Waals surface area (Å²) in [5, 5.41) is 0. The second-order valence-corrected chi connectivity index (χ2v) is 5.13. The van der Waals surface area contributed by atoms with Crippen molar-refractivity contribution in [2.45, 2.75) is 44.9 Å². The molecule has 1 aromatic rings. The van der Waals surface area contributed by atoms with Gasteiger partial charge in [0.1, 0.15) is 11.6 Å². The fourth-order valence-electron chi connectivity index (χ4n) is 2.87. The largest absolute Gasteiger partial charge is 0.206 e. The first-order chi connectivity index (χ1) is 8.65. The van der Waals surface area contributed by atoms with Gasteiger partial charge in [-0.1, -0.05) is 19.3 Å². The fourth-order valence-corrected chi connectivity index (χ4v) is 2.87. The highest BCUT2D eigenvalue weighted by Crippen LogP contribution is 2.37. The van der Waals surface area contributed by atoms with Crippen LogP contribution in [-0.2, 0) is 0 Å². The predicted molar refractivity (Wildman–Crippen MR) is 69.3 cm³/mol. The van der Waals surface area contributed by atoms with Gasteiger partial charge in [0, 0.05) is 0 Å². The smallest absolute Gasteiger partial charge is 0.142 e. The van der Waals surface area contributed by atoms with E-state index in [0.717, 1.165) is 37.2 Å². The van der Waals surface area contributed by atoms with Gasteiger partial charge in [0.2, 0.25) is 0 Å². The molecule has 0 radical (unpaired) electrons. The van der Waals surface area contributed by atoms with E-state index in [1.54, 1.807) is 0 Å². The quantitative estimate of drug-likeness (QED) is 0.669. The van der Waals surface area contributed by atoms with E-state index in [-0.39, 0.29) is 11.5 Å². The first-order valence-electron chi connectivity index (χ1n) is 6.61. The third kappa shape index (κ3) is 2.56. The molecule has 1 aliphatic carbocycles. The molecule has 1 aliphatic rings. The molecule has 0 saturated heterocycles. The molecule has 0 heterocycles. The second-order valence-electron chi connectivity index (χ2n) is 5.13. The van der Waals surface area contributed by atoms with Crippen LogP contribution in [0.3, 0.4) is 0 Å². The number of hydrogen-bond acceptors (Lipinski definition) is 0. The van der Waals surface area contributed by atoms with E-state index in [1.165, 1.54) is 18.6 Å². The zero-order valence-electron chi connectivity index (χ0n) is 10.7. The van der Waals surface area contributed by atoms with Crippen LogP contribution in [0.4, 0.5) is 8.78 Å². The summed E-state index contributed by atoms with van der Waals surface area (Å²) in [6.45, 7) is 2.20. The lowest BCUT2D eigenvalue weighted by atomic mass is 9.77. The van der Waals surface area contributed by atoms with Gasteiger partial charge in [-0.3, -0.25) is 0 Å². The van der Waals surface area contributed by atoms with Gasteiger partial charge in [-0.25, -0.2) is 8.78 Å². The SMILES string of the molecule is C#Cc1c(F)cc(C2CCC(CC)CC2)cc1F. The molecule has 0 aliphatic heterocycles. The summed E-state index contributed by atoms with van der Waals surface area (Å²) in [6.07, 6.45) is 10.6. The summed E-state index contributed by atoms with van der Waals surface area (Å²) in [6, 6.07) is 2.82. The van der Waals surface area contributed by atoms with E-state index in [0.29, 0.717) is 0 Å². The first-order valence-corrected chi connectivity index (χ1v) is 6.61. The van der Waals surface area contributed by atoms with Gasteiger partial charge < -0.3 is 0 Å². The molecule has 0 spiro atoms. The Morgan fingerprint density at radius 1 is 1.17 bits per heavy atom. The normalized spacial score (nSPS) is 23.7. The molecular weight excluding hydrogens is 230 g/mol. The molecule has 0 bridgehead atoms. The summed E-state index contributed by atoms with van der Waals surface area (Å²) in [4.78, 5) is 0. The highest BCUT2D eigenvalue weighted by atomic mass is 19.1. The Morgan fingerprint density at radius 3 is 2.17 bits per heavy atom. The topological polar surface area (TPSA) is 0 Å². The van der Waals surface area contributed by atoms with Crippen LogP contribution in [0.25, 0.3) is 0 Å². The van der Waals surface area contributed by atoms with Crippen LogP contribution >= 0.6 is 0 Å². The summed E-state index contributed by atoms with van der Waals surface area (Å²) in [5.74, 6) is 1.91. The molecular formula is C16H18F2. The maximum Gasteiger partial charge on any atom is 0.142 e. The van der Waals surface area contributed by atoms with Crippen LogP contribution in [0.1, 0.15) is 56.1 Å². The summed E-state index contributed by atoms with van der Waals surface area (Å²) in [7, 11) is 0. The molecule has 0 amide bonds. The number of rotatable bonds is 2. The number of halogens is 2.